The van der Waals surface area contributed by atoms with E-state index >= 15 is 0 Å². The highest BCUT2D eigenvalue weighted by Crippen LogP contribution is 2.20. The van der Waals surface area contributed by atoms with Gasteiger partial charge in [0.2, 0.25) is 5.91 Å². The van der Waals surface area contributed by atoms with Gasteiger partial charge in [0.25, 0.3) is 0 Å². The molecule has 0 unspecified atom stereocenters. The largest absolute Gasteiger partial charge is 0.371 e. The highest BCUT2D eigenvalue weighted by molar-refractivity contribution is 5.79. The summed E-state index contributed by atoms with van der Waals surface area (Å²) < 4.78 is 5.97. The van der Waals surface area contributed by atoms with Gasteiger partial charge in [-0.15, -0.1) is 0 Å². The molecule has 2 atom stereocenters. The van der Waals surface area contributed by atoms with Crippen LogP contribution in [0, 0.1) is 0 Å². The highest BCUT2D eigenvalue weighted by Gasteiger charge is 2.32. The highest BCUT2D eigenvalue weighted by atomic mass is 16.5. The van der Waals surface area contributed by atoms with Gasteiger partial charge in [-0.2, -0.15) is 0 Å². The van der Waals surface area contributed by atoms with Gasteiger partial charge in [-0.25, -0.2) is 0 Å². The molecular formula is C18H27NO2. The number of unbranched alkanes of at least 4 members (excludes halogenated alkanes) is 4. The summed E-state index contributed by atoms with van der Waals surface area (Å²) in [5, 5.41) is 3.07. The smallest absolute Gasteiger partial charge is 0.223 e. The van der Waals surface area contributed by atoms with E-state index in [1.54, 1.807) is 0 Å². The second kappa shape index (κ2) is 8.83. The Morgan fingerprint density at radius 1 is 1.14 bits per heavy atom. The van der Waals surface area contributed by atoms with Crippen LogP contribution in [0.2, 0.25) is 0 Å². The lowest BCUT2D eigenvalue weighted by Crippen LogP contribution is -2.33. The number of benzene rings is 1. The van der Waals surface area contributed by atoms with E-state index in [1.165, 1.54) is 37.7 Å². The molecule has 3 heteroatoms. The molecule has 1 fully saturated rings. The van der Waals surface area contributed by atoms with Crippen molar-refractivity contribution in [3.05, 3.63) is 35.9 Å². The van der Waals surface area contributed by atoms with Crippen molar-refractivity contribution in [2.45, 2.75) is 70.6 Å². The van der Waals surface area contributed by atoms with Crippen LogP contribution < -0.4 is 5.32 Å². The quantitative estimate of drug-likeness (QED) is 0.702. The summed E-state index contributed by atoms with van der Waals surface area (Å²) in [5.74, 6) is 0.131. The first kappa shape index (κ1) is 16.0. The Balaban J connectivity index is 1.73. The van der Waals surface area contributed by atoms with Crippen LogP contribution in [0.25, 0.3) is 0 Å². The van der Waals surface area contributed by atoms with E-state index in [-0.39, 0.29) is 18.1 Å². The molecule has 1 aromatic rings. The Bertz CT molecular complexity index is 418. The van der Waals surface area contributed by atoms with Crippen LogP contribution in [0.15, 0.2) is 30.3 Å². The topological polar surface area (TPSA) is 38.3 Å². The van der Waals surface area contributed by atoms with Gasteiger partial charge >= 0.3 is 0 Å². The summed E-state index contributed by atoms with van der Waals surface area (Å²) in [7, 11) is 0. The van der Waals surface area contributed by atoms with Crippen LogP contribution in [-0.2, 0) is 16.1 Å². The van der Waals surface area contributed by atoms with Gasteiger partial charge in [0.1, 0.15) is 0 Å². The van der Waals surface area contributed by atoms with Crippen LogP contribution in [0.1, 0.15) is 57.4 Å². The Hall–Kier alpha value is -1.35. The van der Waals surface area contributed by atoms with E-state index < -0.39 is 0 Å². The minimum atomic E-state index is 0.0314. The average Bonchev–Trinajstić information content (AvgIpc) is 2.86. The lowest BCUT2D eigenvalue weighted by molar-refractivity contribution is -0.119. The van der Waals surface area contributed by atoms with Gasteiger partial charge < -0.3 is 10.1 Å². The van der Waals surface area contributed by atoms with Crippen LogP contribution in [0.4, 0.5) is 0 Å². The zero-order valence-electron chi connectivity index (χ0n) is 13.0. The molecule has 1 aliphatic heterocycles. The predicted octanol–water partition coefficient (Wildman–Crippen LogP) is 3.82. The Morgan fingerprint density at radius 2 is 1.90 bits per heavy atom. The van der Waals surface area contributed by atoms with Crippen molar-refractivity contribution in [3.8, 4) is 0 Å². The first-order valence-electron chi connectivity index (χ1n) is 8.24. The molecular weight excluding hydrogens is 262 g/mol. The molecule has 21 heavy (non-hydrogen) atoms. The number of carbonyl (C=O) groups is 1. The Morgan fingerprint density at radius 3 is 2.67 bits per heavy atom. The molecule has 1 amide bonds. The molecule has 1 N–H and O–H groups in total. The molecule has 1 aliphatic rings. The minimum absolute atomic E-state index is 0.0314. The van der Waals surface area contributed by atoms with E-state index in [2.05, 4.69) is 24.4 Å². The molecule has 0 bridgehead atoms. The third-order valence-corrected chi connectivity index (χ3v) is 4.11. The van der Waals surface area contributed by atoms with Crippen LogP contribution in [0.5, 0.6) is 0 Å². The van der Waals surface area contributed by atoms with E-state index in [0.717, 1.165) is 6.42 Å². The van der Waals surface area contributed by atoms with Crippen molar-refractivity contribution in [2.75, 3.05) is 0 Å². The standard InChI is InChI=1S/C18H27NO2/c1-2-3-4-5-9-12-16-17(13-18(20)19-16)21-14-15-10-7-6-8-11-15/h6-8,10-11,16-17H,2-5,9,12-14H2,1H3,(H,19,20)/t16-,17+/m1/s1. The third-order valence-electron chi connectivity index (χ3n) is 4.11. The normalized spacial score (nSPS) is 21.5. The summed E-state index contributed by atoms with van der Waals surface area (Å²) in [6, 6.07) is 10.4. The summed E-state index contributed by atoms with van der Waals surface area (Å²) in [6.45, 7) is 2.82. The third kappa shape index (κ3) is 5.50. The minimum Gasteiger partial charge on any atom is -0.371 e. The van der Waals surface area contributed by atoms with E-state index in [9.17, 15) is 4.79 Å². The van der Waals surface area contributed by atoms with Crippen molar-refractivity contribution in [2.24, 2.45) is 0 Å². The fourth-order valence-corrected chi connectivity index (χ4v) is 2.86. The maximum Gasteiger partial charge on any atom is 0.223 e. The summed E-state index contributed by atoms with van der Waals surface area (Å²) in [6.07, 6.45) is 7.88. The number of ether oxygens (including phenoxy) is 1. The van der Waals surface area contributed by atoms with E-state index in [1.807, 2.05) is 18.2 Å². The number of rotatable bonds is 9. The molecule has 0 spiro atoms. The number of hydrogen-bond acceptors (Lipinski definition) is 2. The number of amides is 1. The zero-order chi connectivity index (χ0) is 14.9. The lowest BCUT2D eigenvalue weighted by Gasteiger charge is -2.19. The SMILES string of the molecule is CCCCCCC[C@H]1NC(=O)C[C@@H]1OCc1ccccc1. The van der Waals surface area contributed by atoms with Crippen LogP contribution in [0.3, 0.4) is 0 Å². The van der Waals surface area contributed by atoms with E-state index in [0.29, 0.717) is 13.0 Å². The first-order valence-corrected chi connectivity index (χ1v) is 8.24. The molecule has 116 valence electrons. The fourth-order valence-electron chi connectivity index (χ4n) is 2.86. The second-order valence-electron chi connectivity index (χ2n) is 5.92. The number of hydrogen-bond donors (Lipinski definition) is 1. The van der Waals surface area contributed by atoms with Crippen molar-refractivity contribution < 1.29 is 9.53 Å². The number of nitrogens with one attached hydrogen (secondary N) is 1. The molecule has 0 aliphatic carbocycles. The van der Waals surface area contributed by atoms with Crippen molar-refractivity contribution in [3.63, 3.8) is 0 Å². The van der Waals surface area contributed by atoms with Crippen molar-refractivity contribution in [1.82, 2.24) is 5.32 Å². The summed E-state index contributed by atoms with van der Waals surface area (Å²) in [5.41, 5.74) is 1.17. The average molecular weight is 289 g/mol. The maximum atomic E-state index is 11.6. The first-order chi connectivity index (χ1) is 10.3. The summed E-state index contributed by atoms with van der Waals surface area (Å²) in [4.78, 5) is 11.6. The molecule has 3 nitrogen and oxygen atoms in total. The van der Waals surface area contributed by atoms with Crippen molar-refractivity contribution in [1.29, 1.82) is 0 Å². The van der Waals surface area contributed by atoms with Gasteiger partial charge in [0.05, 0.1) is 25.2 Å². The second-order valence-corrected chi connectivity index (χ2v) is 5.92. The molecule has 0 aromatic heterocycles. The monoisotopic (exact) mass is 289 g/mol. The van der Waals surface area contributed by atoms with Crippen LogP contribution >= 0.6 is 0 Å². The predicted molar refractivity (Wildman–Crippen MR) is 84.9 cm³/mol. The summed E-state index contributed by atoms with van der Waals surface area (Å²) >= 11 is 0. The molecule has 2 rings (SSSR count). The van der Waals surface area contributed by atoms with Gasteiger partial charge in [0, 0.05) is 0 Å². The van der Waals surface area contributed by atoms with Crippen LogP contribution in [-0.4, -0.2) is 18.1 Å². The zero-order valence-corrected chi connectivity index (χ0v) is 13.0. The lowest BCUT2D eigenvalue weighted by atomic mass is 10.0. The van der Waals surface area contributed by atoms with Gasteiger partial charge in [0.15, 0.2) is 0 Å². The Kier molecular flexibility index (Phi) is 6.74. The van der Waals surface area contributed by atoms with Gasteiger partial charge in [-0.1, -0.05) is 69.4 Å². The van der Waals surface area contributed by atoms with Gasteiger partial charge in [-0.05, 0) is 12.0 Å². The molecule has 0 radical (unpaired) electrons. The van der Waals surface area contributed by atoms with Gasteiger partial charge in [-0.3, -0.25) is 4.79 Å². The maximum absolute atomic E-state index is 11.6. The Labute approximate surface area is 128 Å². The number of carbonyl (C=O) groups excluding carboxylic acids is 1. The molecule has 1 saturated heterocycles. The fraction of sp³-hybridized carbons (Fsp3) is 0.611. The molecule has 0 saturated carbocycles. The van der Waals surface area contributed by atoms with E-state index in [4.69, 9.17) is 4.74 Å². The molecule has 1 heterocycles. The van der Waals surface area contributed by atoms with Crippen molar-refractivity contribution >= 4 is 5.91 Å². The molecule has 1 aromatic carbocycles.